The lowest BCUT2D eigenvalue weighted by atomic mass is 10.1. The van der Waals surface area contributed by atoms with Crippen molar-refractivity contribution in [2.75, 3.05) is 24.7 Å². The molecule has 0 saturated heterocycles. The summed E-state index contributed by atoms with van der Waals surface area (Å²) >= 11 is 0. The van der Waals surface area contributed by atoms with Crippen LogP contribution in [0.2, 0.25) is 0 Å². The van der Waals surface area contributed by atoms with Gasteiger partial charge in [-0.1, -0.05) is 18.2 Å². The normalized spacial score (nSPS) is 12.1. The summed E-state index contributed by atoms with van der Waals surface area (Å²) in [6.07, 6.45) is -2.29. The quantitative estimate of drug-likeness (QED) is 0.546. The van der Waals surface area contributed by atoms with Crippen LogP contribution in [0, 0.1) is 0 Å². The van der Waals surface area contributed by atoms with Gasteiger partial charge in [-0.05, 0) is 18.2 Å². The van der Waals surface area contributed by atoms with Crippen LogP contribution in [-0.2, 0) is 21.8 Å². The molecule has 11 heteroatoms. The van der Waals surface area contributed by atoms with Gasteiger partial charge in [-0.25, -0.2) is 13.4 Å². The largest absolute Gasteiger partial charge is 0.451 e. The monoisotopic (exact) mass is 441 g/mol. The van der Waals surface area contributed by atoms with Crippen LogP contribution in [0.25, 0.3) is 11.0 Å². The van der Waals surface area contributed by atoms with Gasteiger partial charge >= 0.3 is 6.18 Å². The van der Waals surface area contributed by atoms with Crippen molar-refractivity contribution in [2.45, 2.75) is 11.9 Å². The van der Waals surface area contributed by atoms with Crippen LogP contribution in [0.4, 0.5) is 19.0 Å². The molecular weight excluding hydrogens is 423 g/mol. The van der Waals surface area contributed by atoms with Gasteiger partial charge in [-0.15, -0.1) is 0 Å². The summed E-state index contributed by atoms with van der Waals surface area (Å²) in [5, 5.41) is 5.56. The topological polar surface area (TPSA) is 101 Å². The number of nitrogens with one attached hydrogen (secondary N) is 2. The maximum absolute atomic E-state index is 13.0. The predicted molar refractivity (Wildman–Crippen MR) is 105 cm³/mol. The lowest BCUT2D eigenvalue weighted by Gasteiger charge is -2.13. The van der Waals surface area contributed by atoms with E-state index in [1.807, 2.05) is 0 Å². The SMILES string of the molecule is CS(=O)(=O)Cc1c(C(=O)NCCNc2ncccc2C(F)(F)F)oc2ccccc12. The van der Waals surface area contributed by atoms with Crippen molar-refractivity contribution in [3.63, 3.8) is 0 Å². The van der Waals surface area contributed by atoms with Crippen LogP contribution in [0.5, 0.6) is 0 Å². The third-order valence-corrected chi connectivity index (χ3v) is 4.94. The van der Waals surface area contributed by atoms with E-state index in [0.29, 0.717) is 11.0 Å². The summed E-state index contributed by atoms with van der Waals surface area (Å²) in [4.78, 5) is 16.2. The Morgan fingerprint density at radius 2 is 1.87 bits per heavy atom. The van der Waals surface area contributed by atoms with E-state index in [9.17, 15) is 26.4 Å². The van der Waals surface area contributed by atoms with Gasteiger partial charge in [-0.2, -0.15) is 13.2 Å². The Morgan fingerprint density at radius 3 is 2.57 bits per heavy atom. The summed E-state index contributed by atoms with van der Waals surface area (Å²) in [5.41, 5.74) is -0.311. The number of nitrogens with zero attached hydrogens (tertiary/aromatic N) is 1. The fourth-order valence-corrected chi connectivity index (χ4v) is 3.71. The van der Waals surface area contributed by atoms with Gasteiger partial charge in [0.25, 0.3) is 5.91 Å². The summed E-state index contributed by atoms with van der Waals surface area (Å²) in [5.74, 6) is -1.53. The summed E-state index contributed by atoms with van der Waals surface area (Å²) in [6.45, 7) is -0.0739. The van der Waals surface area contributed by atoms with Gasteiger partial charge < -0.3 is 15.1 Å². The number of sulfone groups is 1. The first kappa shape index (κ1) is 21.6. The first-order valence-corrected chi connectivity index (χ1v) is 10.8. The number of anilines is 1. The number of carbonyl (C=O) groups is 1. The minimum Gasteiger partial charge on any atom is -0.451 e. The number of fused-ring (bicyclic) bond motifs is 1. The van der Waals surface area contributed by atoms with Crippen LogP contribution in [0.15, 0.2) is 47.0 Å². The van der Waals surface area contributed by atoms with Crippen molar-refractivity contribution in [1.29, 1.82) is 0 Å². The molecule has 0 aliphatic heterocycles. The maximum atomic E-state index is 13.0. The third-order valence-electron chi connectivity index (χ3n) is 4.13. The number of benzene rings is 1. The number of carbonyl (C=O) groups excluding carboxylic acids is 1. The molecule has 0 atom stereocenters. The summed E-state index contributed by atoms with van der Waals surface area (Å²) in [7, 11) is -3.44. The van der Waals surface area contributed by atoms with E-state index in [1.165, 1.54) is 12.3 Å². The lowest BCUT2D eigenvalue weighted by molar-refractivity contribution is -0.137. The second kappa shape index (κ2) is 8.34. The first-order chi connectivity index (χ1) is 14.1. The van der Waals surface area contributed by atoms with E-state index >= 15 is 0 Å². The van der Waals surface area contributed by atoms with E-state index in [2.05, 4.69) is 15.6 Å². The number of pyridine rings is 1. The molecule has 0 aliphatic carbocycles. The maximum Gasteiger partial charge on any atom is 0.419 e. The molecule has 2 aromatic heterocycles. The van der Waals surface area contributed by atoms with E-state index < -0.39 is 27.5 Å². The van der Waals surface area contributed by atoms with Gasteiger partial charge in [0.05, 0.1) is 11.3 Å². The number of rotatable bonds is 7. The molecular formula is C19H18F3N3O4S. The van der Waals surface area contributed by atoms with E-state index in [0.717, 1.165) is 12.3 Å². The smallest absolute Gasteiger partial charge is 0.419 e. The molecule has 30 heavy (non-hydrogen) atoms. The number of amides is 1. The molecule has 0 spiro atoms. The van der Waals surface area contributed by atoms with Crippen molar-refractivity contribution in [3.8, 4) is 0 Å². The third kappa shape index (κ3) is 5.09. The molecule has 2 heterocycles. The lowest BCUT2D eigenvalue weighted by Crippen LogP contribution is -2.29. The molecule has 7 nitrogen and oxygen atoms in total. The molecule has 0 bridgehead atoms. The zero-order chi connectivity index (χ0) is 21.9. The molecule has 1 amide bonds. The summed E-state index contributed by atoms with van der Waals surface area (Å²) in [6, 6.07) is 8.73. The van der Waals surface area contributed by atoms with Crippen LogP contribution in [-0.4, -0.2) is 38.7 Å². The van der Waals surface area contributed by atoms with Crippen LogP contribution in [0.1, 0.15) is 21.7 Å². The Morgan fingerprint density at radius 1 is 1.13 bits per heavy atom. The van der Waals surface area contributed by atoms with Crippen LogP contribution >= 0.6 is 0 Å². The fraction of sp³-hybridized carbons (Fsp3) is 0.263. The molecule has 2 N–H and O–H groups in total. The van der Waals surface area contributed by atoms with Gasteiger partial charge in [-0.3, -0.25) is 4.79 Å². The van der Waals surface area contributed by atoms with Gasteiger partial charge in [0.1, 0.15) is 11.4 Å². The van der Waals surface area contributed by atoms with E-state index in [1.54, 1.807) is 24.3 Å². The highest BCUT2D eigenvalue weighted by molar-refractivity contribution is 7.89. The number of para-hydroxylation sites is 1. The number of furan rings is 1. The minimum atomic E-state index is -4.56. The van der Waals surface area contributed by atoms with Crippen LogP contribution in [0.3, 0.4) is 0 Å². The molecule has 160 valence electrons. The highest BCUT2D eigenvalue weighted by Crippen LogP contribution is 2.33. The van der Waals surface area contributed by atoms with Crippen molar-refractivity contribution < 1.29 is 30.8 Å². The molecule has 0 aliphatic rings. The predicted octanol–water partition coefficient (Wildman–Crippen LogP) is 3.23. The Balaban J connectivity index is 1.71. The standard InChI is InChI=1S/C19H18F3N3O4S/c1-30(27,28)11-13-12-5-2-3-7-15(12)29-16(13)18(26)25-10-9-24-17-14(19(20,21)22)6-4-8-23-17/h2-8H,9-11H2,1H3,(H,23,24)(H,25,26). The highest BCUT2D eigenvalue weighted by atomic mass is 32.2. The number of aromatic nitrogens is 1. The summed E-state index contributed by atoms with van der Waals surface area (Å²) < 4.78 is 68.0. The zero-order valence-corrected chi connectivity index (χ0v) is 16.6. The van der Waals surface area contributed by atoms with E-state index in [-0.39, 0.29) is 36.0 Å². The van der Waals surface area contributed by atoms with Crippen LogP contribution < -0.4 is 10.6 Å². The van der Waals surface area contributed by atoms with Crippen molar-refractivity contribution in [2.24, 2.45) is 0 Å². The molecule has 1 aromatic carbocycles. The van der Waals surface area contributed by atoms with Gasteiger partial charge in [0.15, 0.2) is 15.6 Å². The number of hydrogen-bond acceptors (Lipinski definition) is 6. The first-order valence-electron chi connectivity index (χ1n) is 8.78. The number of hydrogen-bond donors (Lipinski definition) is 2. The fourth-order valence-electron chi connectivity index (χ4n) is 2.90. The Hall–Kier alpha value is -3.08. The molecule has 0 fully saturated rings. The van der Waals surface area contributed by atoms with Gasteiger partial charge in [0, 0.05) is 36.5 Å². The van der Waals surface area contributed by atoms with Crippen molar-refractivity contribution >= 4 is 32.5 Å². The van der Waals surface area contributed by atoms with Gasteiger partial charge in [0.2, 0.25) is 0 Å². The number of alkyl halides is 3. The number of halogens is 3. The zero-order valence-electron chi connectivity index (χ0n) is 15.8. The second-order valence-electron chi connectivity index (χ2n) is 6.56. The second-order valence-corrected chi connectivity index (χ2v) is 8.70. The minimum absolute atomic E-state index is 0.0343. The molecule has 3 aromatic rings. The molecule has 0 saturated carbocycles. The molecule has 0 unspecified atom stereocenters. The Kier molecular flexibility index (Phi) is 6.01. The van der Waals surface area contributed by atoms with E-state index in [4.69, 9.17) is 4.42 Å². The highest BCUT2D eigenvalue weighted by Gasteiger charge is 2.34. The Bertz CT molecular complexity index is 1170. The molecule has 3 rings (SSSR count). The average molecular weight is 441 g/mol. The molecule has 0 radical (unpaired) electrons. The van der Waals surface area contributed by atoms with Crippen molar-refractivity contribution in [1.82, 2.24) is 10.3 Å². The van der Waals surface area contributed by atoms with Crippen molar-refractivity contribution in [3.05, 3.63) is 59.5 Å². The Labute approximate surface area is 170 Å². The average Bonchev–Trinajstić information content (AvgIpc) is 3.02.